The topological polar surface area (TPSA) is 42.8 Å². The van der Waals surface area contributed by atoms with E-state index in [1.807, 2.05) is 45.7 Å². The fraction of sp³-hybridized carbons (Fsp3) is 0.0769. The summed E-state index contributed by atoms with van der Waals surface area (Å²) < 4.78 is 7.65. The summed E-state index contributed by atoms with van der Waals surface area (Å²) in [6.45, 7) is 0. The van der Waals surface area contributed by atoms with Crippen molar-refractivity contribution in [3.8, 4) is 22.8 Å². The van der Waals surface area contributed by atoms with Crippen molar-refractivity contribution < 1.29 is 4.74 Å². The summed E-state index contributed by atoms with van der Waals surface area (Å²) in [5.74, 6) is 1.63. The van der Waals surface area contributed by atoms with E-state index in [0.29, 0.717) is 4.77 Å². The monoisotopic (exact) mass is 289 g/mol. The molecule has 3 rings (SSSR count). The molecule has 0 spiro atoms. The zero-order valence-electron chi connectivity index (χ0n) is 10.2. The van der Waals surface area contributed by atoms with Crippen molar-refractivity contribution in [3.05, 3.63) is 45.9 Å². The SMILES string of the molecule is COc1ccc(-n2c(-c3ccsc3)n[nH]c2=S)cc1. The highest BCUT2D eigenvalue weighted by Crippen LogP contribution is 2.24. The molecule has 0 bridgehead atoms. The Hall–Kier alpha value is -1.92. The van der Waals surface area contributed by atoms with Gasteiger partial charge in [-0.3, -0.25) is 9.67 Å². The minimum absolute atomic E-state index is 0.575. The van der Waals surface area contributed by atoms with Gasteiger partial charge in [0.05, 0.1) is 12.8 Å². The zero-order chi connectivity index (χ0) is 13.2. The van der Waals surface area contributed by atoms with Crippen molar-refractivity contribution in [1.82, 2.24) is 14.8 Å². The summed E-state index contributed by atoms with van der Waals surface area (Å²) in [5, 5.41) is 11.2. The number of H-pyrrole nitrogens is 1. The minimum atomic E-state index is 0.575. The highest BCUT2D eigenvalue weighted by Gasteiger charge is 2.10. The maximum atomic E-state index is 5.31. The van der Waals surface area contributed by atoms with E-state index in [1.54, 1.807) is 18.4 Å². The lowest BCUT2D eigenvalue weighted by Crippen LogP contribution is -1.97. The summed E-state index contributed by atoms with van der Waals surface area (Å²) in [5.41, 5.74) is 2.01. The van der Waals surface area contributed by atoms with E-state index in [9.17, 15) is 0 Å². The van der Waals surface area contributed by atoms with Crippen molar-refractivity contribution in [2.75, 3.05) is 7.11 Å². The van der Waals surface area contributed by atoms with Gasteiger partial charge in [-0.05, 0) is 47.9 Å². The lowest BCUT2D eigenvalue weighted by Gasteiger charge is -2.06. The predicted octanol–water partition coefficient (Wildman–Crippen LogP) is 3.67. The standard InChI is InChI=1S/C13H11N3OS2/c1-17-11-4-2-10(3-5-11)16-12(14-15-13(16)18)9-6-7-19-8-9/h2-8H,1H3,(H,15,18). The molecule has 0 aliphatic carbocycles. The number of methoxy groups -OCH3 is 1. The van der Waals surface area contributed by atoms with Crippen LogP contribution in [0.4, 0.5) is 0 Å². The summed E-state index contributed by atoms with van der Waals surface area (Å²) in [7, 11) is 1.65. The number of rotatable bonds is 3. The quantitative estimate of drug-likeness (QED) is 0.748. The van der Waals surface area contributed by atoms with Gasteiger partial charge in [-0.2, -0.15) is 16.4 Å². The molecule has 0 saturated carbocycles. The number of thiophene rings is 1. The largest absolute Gasteiger partial charge is 0.497 e. The van der Waals surface area contributed by atoms with Gasteiger partial charge in [0, 0.05) is 10.9 Å². The first-order valence-corrected chi connectivity index (χ1v) is 6.99. The Labute approximate surface area is 119 Å². The second kappa shape index (κ2) is 4.99. The molecular weight excluding hydrogens is 278 g/mol. The van der Waals surface area contributed by atoms with Crippen molar-refractivity contribution >= 4 is 23.6 Å². The van der Waals surface area contributed by atoms with E-state index in [4.69, 9.17) is 17.0 Å². The molecule has 0 aliphatic heterocycles. The summed E-state index contributed by atoms with van der Waals surface area (Å²) in [6.07, 6.45) is 0. The van der Waals surface area contributed by atoms with Crippen LogP contribution in [0.1, 0.15) is 0 Å². The molecule has 0 atom stereocenters. The van der Waals surface area contributed by atoms with E-state index in [-0.39, 0.29) is 0 Å². The fourth-order valence-electron chi connectivity index (χ4n) is 1.85. The van der Waals surface area contributed by atoms with E-state index in [1.165, 1.54) is 0 Å². The molecule has 1 aromatic carbocycles. The highest BCUT2D eigenvalue weighted by atomic mass is 32.1. The van der Waals surface area contributed by atoms with Gasteiger partial charge in [0.25, 0.3) is 0 Å². The van der Waals surface area contributed by atoms with Crippen LogP contribution >= 0.6 is 23.6 Å². The van der Waals surface area contributed by atoms with E-state index < -0.39 is 0 Å². The maximum absolute atomic E-state index is 5.31. The number of hydrogen-bond acceptors (Lipinski definition) is 4. The second-order valence-electron chi connectivity index (χ2n) is 3.90. The molecule has 3 aromatic rings. The Bertz CT molecular complexity index is 726. The van der Waals surface area contributed by atoms with E-state index >= 15 is 0 Å². The molecule has 0 fully saturated rings. The van der Waals surface area contributed by atoms with Crippen LogP contribution < -0.4 is 4.74 Å². The van der Waals surface area contributed by atoms with E-state index in [2.05, 4.69) is 10.2 Å². The minimum Gasteiger partial charge on any atom is -0.497 e. The summed E-state index contributed by atoms with van der Waals surface area (Å²) >= 11 is 6.94. The maximum Gasteiger partial charge on any atom is 0.200 e. The number of aromatic nitrogens is 3. The first-order valence-electron chi connectivity index (χ1n) is 5.64. The molecule has 0 unspecified atom stereocenters. The summed E-state index contributed by atoms with van der Waals surface area (Å²) in [4.78, 5) is 0. The Morgan fingerprint density at radius 2 is 2.05 bits per heavy atom. The first-order chi connectivity index (χ1) is 9.29. The molecule has 19 heavy (non-hydrogen) atoms. The van der Waals surface area contributed by atoms with Crippen molar-refractivity contribution in [1.29, 1.82) is 0 Å². The highest BCUT2D eigenvalue weighted by molar-refractivity contribution is 7.71. The zero-order valence-corrected chi connectivity index (χ0v) is 11.8. The number of nitrogens with zero attached hydrogens (tertiary/aromatic N) is 2. The number of nitrogens with one attached hydrogen (secondary N) is 1. The van der Waals surface area contributed by atoms with Crippen LogP contribution in [0.5, 0.6) is 5.75 Å². The molecule has 96 valence electrons. The Balaban J connectivity index is 2.14. The Kier molecular flexibility index (Phi) is 3.18. The molecule has 0 amide bonds. The third kappa shape index (κ3) is 2.20. The van der Waals surface area contributed by atoms with Crippen molar-refractivity contribution in [2.45, 2.75) is 0 Å². The number of hydrogen-bond donors (Lipinski definition) is 1. The lowest BCUT2D eigenvalue weighted by atomic mass is 10.2. The number of ether oxygens (including phenoxy) is 1. The van der Waals surface area contributed by atoms with Gasteiger partial charge in [-0.15, -0.1) is 0 Å². The first kappa shape index (κ1) is 12.1. The van der Waals surface area contributed by atoms with Gasteiger partial charge in [0.2, 0.25) is 0 Å². The van der Waals surface area contributed by atoms with Gasteiger partial charge >= 0.3 is 0 Å². The van der Waals surface area contributed by atoms with Crippen molar-refractivity contribution in [2.24, 2.45) is 0 Å². The Morgan fingerprint density at radius 3 is 2.68 bits per heavy atom. The van der Waals surface area contributed by atoms with Crippen LogP contribution in [0.25, 0.3) is 17.1 Å². The summed E-state index contributed by atoms with van der Waals surface area (Å²) in [6, 6.07) is 9.75. The third-order valence-corrected chi connectivity index (χ3v) is 3.74. The molecular formula is C13H11N3OS2. The molecule has 0 radical (unpaired) electrons. The van der Waals surface area contributed by atoms with Gasteiger partial charge in [-0.1, -0.05) is 0 Å². The van der Waals surface area contributed by atoms with Crippen LogP contribution in [0.2, 0.25) is 0 Å². The average Bonchev–Trinajstić information content (AvgIpc) is 3.08. The fourth-order valence-corrected chi connectivity index (χ4v) is 2.72. The second-order valence-corrected chi connectivity index (χ2v) is 5.06. The normalized spacial score (nSPS) is 10.6. The molecule has 0 aliphatic rings. The van der Waals surface area contributed by atoms with Gasteiger partial charge in [0.1, 0.15) is 5.75 Å². The van der Waals surface area contributed by atoms with Gasteiger partial charge < -0.3 is 4.74 Å². The number of aromatic amines is 1. The Morgan fingerprint density at radius 1 is 1.26 bits per heavy atom. The molecule has 2 heterocycles. The smallest absolute Gasteiger partial charge is 0.200 e. The third-order valence-electron chi connectivity index (χ3n) is 2.78. The molecule has 1 N–H and O–H groups in total. The van der Waals surface area contributed by atoms with Crippen molar-refractivity contribution in [3.63, 3.8) is 0 Å². The van der Waals surface area contributed by atoms with Gasteiger partial charge in [0.15, 0.2) is 10.6 Å². The lowest BCUT2D eigenvalue weighted by molar-refractivity contribution is 0.414. The predicted molar refractivity (Wildman–Crippen MR) is 78.6 cm³/mol. The molecule has 6 heteroatoms. The van der Waals surface area contributed by atoms with Crippen LogP contribution in [0.15, 0.2) is 41.1 Å². The van der Waals surface area contributed by atoms with Crippen LogP contribution in [0, 0.1) is 4.77 Å². The van der Waals surface area contributed by atoms with Crippen LogP contribution in [-0.2, 0) is 0 Å². The molecule has 4 nitrogen and oxygen atoms in total. The number of benzene rings is 1. The average molecular weight is 289 g/mol. The molecule has 2 aromatic heterocycles. The van der Waals surface area contributed by atoms with E-state index in [0.717, 1.165) is 22.8 Å². The van der Waals surface area contributed by atoms with Crippen LogP contribution in [0.3, 0.4) is 0 Å². The van der Waals surface area contributed by atoms with Gasteiger partial charge in [-0.25, -0.2) is 0 Å². The molecule has 0 saturated heterocycles. The van der Waals surface area contributed by atoms with Crippen LogP contribution in [-0.4, -0.2) is 21.9 Å².